The maximum atomic E-state index is 13.1. The molecule has 2 aliphatic heterocycles. The Hall–Kier alpha value is -2.90. The molecule has 0 amide bonds. The van der Waals surface area contributed by atoms with Gasteiger partial charge in [-0.1, -0.05) is 18.2 Å². The number of benzene rings is 1. The van der Waals surface area contributed by atoms with Crippen LogP contribution < -0.4 is 5.32 Å². The first-order chi connectivity index (χ1) is 18.0. The van der Waals surface area contributed by atoms with E-state index in [1.165, 1.54) is 10.4 Å². The first kappa shape index (κ1) is 26.7. The third kappa shape index (κ3) is 5.45. The third-order valence-corrected chi connectivity index (χ3v) is 9.16. The molecule has 5 rings (SSSR count). The van der Waals surface area contributed by atoms with Crippen molar-refractivity contribution in [2.75, 3.05) is 38.5 Å². The van der Waals surface area contributed by atoms with E-state index in [9.17, 15) is 21.6 Å². The lowest BCUT2D eigenvalue weighted by Gasteiger charge is -2.31. The van der Waals surface area contributed by atoms with Crippen molar-refractivity contribution in [3.05, 3.63) is 76.2 Å². The molecule has 1 fully saturated rings. The molecule has 0 atom stereocenters. The lowest BCUT2D eigenvalue weighted by Crippen LogP contribution is -2.38. The van der Waals surface area contributed by atoms with Gasteiger partial charge in [0, 0.05) is 57.1 Å². The normalized spacial score (nSPS) is 17.7. The van der Waals surface area contributed by atoms with Crippen LogP contribution in [0.1, 0.15) is 30.0 Å². The highest BCUT2D eigenvalue weighted by Gasteiger charge is 2.34. The van der Waals surface area contributed by atoms with E-state index >= 15 is 0 Å². The number of nitrogens with zero attached hydrogens (tertiary/aromatic N) is 5. The molecule has 2 aromatic heterocycles. The number of likely N-dealkylation sites (N-methyl/N-ethyl adjacent to an activating group) is 1. The van der Waals surface area contributed by atoms with Crippen LogP contribution in [0.25, 0.3) is 5.65 Å². The summed E-state index contributed by atoms with van der Waals surface area (Å²) in [4.78, 5) is 6.54. The SMILES string of the molecule is CN1C=C(CNc2cc(C3CCN(S(=O)(=O)c4cccc(C(F)(F)F)c4)CC3)nc3c(Br)cnn23)C=CC1. The molecular formula is C25H26BrF3N6O2S. The van der Waals surface area contributed by atoms with Crippen molar-refractivity contribution < 1.29 is 21.6 Å². The van der Waals surface area contributed by atoms with Crippen molar-refractivity contribution in [1.29, 1.82) is 0 Å². The molecular weight excluding hydrogens is 585 g/mol. The molecule has 0 radical (unpaired) electrons. The predicted molar refractivity (Wildman–Crippen MR) is 141 cm³/mol. The van der Waals surface area contributed by atoms with E-state index < -0.39 is 21.8 Å². The minimum Gasteiger partial charge on any atom is -0.376 e. The minimum absolute atomic E-state index is 0.0183. The van der Waals surface area contributed by atoms with Crippen molar-refractivity contribution in [2.24, 2.45) is 0 Å². The van der Waals surface area contributed by atoms with Crippen molar-refractivity contribution in [1.82, 2.24) is 23.8 Å². The molecule has 202 valence electrons. The molecule has 4 heterocycles. The fourth-order valence-electron chi connectivity index (χ4n) is 4.71. The molecule has 8 nitrogen and oxygen atoms in total. The second-order valence-corrected chi connectivity index (χ2v) is 12.2. The number of fused-ring (bicyclic) bond motifs is 1. The van der Waals surface area contributed by atoms with Crippen LogP contribution in [-0.4, -0.2) is 65.4 Å². The molecule has 0 bridgehead atoms. The summed E-state index contributed by atoms with van der Waals surface area (Å²) >= 11 is 3.51. The predicted octanol–water partition coefficient (Wildman–Crippen LogP) is 4.88. The zero-order valence-electron chi connectivity index (χ0n) is 20.5. The average Bonchev–Trinajstić information content (AvgIpc) is 3.27. The number of hydrogen-bond acceptors (Lipinski definition) is 6. The van der Waals surface area contributed by atoms with E-state index in [2.05, 4.69) is 49.6 Å². The number of aromatic nitrogens is 3. The highest BCUT2D eigenvalue weighted by molar-refractivity contribution is 9.10. The van der Waals surface area contributed by atoms with E-state index in [1.54, 1.807) is 10.7 Å². The Kier molecular flexibility index (Phi) is 7.27. The van der Waals surface area contributed by atoms with E-state index in [0.717, 1.165) is 40.2 Å². The van der Waals surface area contributed by atoms with Gasteiger partial charge in [0.1, 0.15) is 5.82 Å². The third-order valence-electron chi connectivity index (χ3n) is 6.71. The first-order valence-electron chi connectivity index (χ1n) is 12.1. The fourth-order valence-corrected chi connectivity index (χ4v) is 6.57. The van der Waals surface area contributed by atoms with Gasteiger partial charge in [-0.15, -0.1) is 0 Å². The number of sulfonamides is 1. The second kappa shape index (κ2) is 10.3. The summed E-state index contributed by atoms with van der Waals surface area (Å²) in [5, 5.41) is 7.85. The number of piperidine rings is 1. The van der Waals surface area contributed by atoms with E-state index in [1.807, 2.05) is 13.1 Å². The zero-order valence-corrected chi connectivity index (χ0v) is 22.9. The molecule has 1 aromatic carbocycles. The smallest absolute Gasteiger partial charge is 0.376 e. The molecule has 13 heteroatoms. The molecule has 38 heavy (non-hydrogen) atoms. The van der Waals surface area contributed by atoms with Crippen LogP contribution in [0.5, 0.6) is 0 Å². The highest BCUT2D eigenvalue weighted by Crippen LogP contribution is 2.34. The Bertz CT molecular complexity index is 1510. The maximum Gasteiger partial charge on any atom is 0.416 e. The molecule has 0 saturated carbocycles. The summed E-state index contributed by atoms with van der Waals surface area (Å²) in [6.45, 7) is 1.82. The number of alkyl halides is 3. The molecule has 1 saturated heterocycles. The van der Waals surface area contributed by atoms with Gasteiger partial charge < -0.3 is 10.2 Å². The van der Waals surface area contributed by atoms with Gasteiger partial charge in [0.2, 0.25) is 10.0 Å². The van der Waals surface area contributed by atoms with Crippen LogP contribution in [0.2, 0.25) is 0 Å². The summed E-state index contributed by atoms with van der Waals surface area (Å²) in [7, 11) is -2.04. The number of rotatable bonds is 6. The Balaban J connectivity index is 1.34. The van der Waals surface area contributed by atoms with Crippen LogP contribution in [0.3, 0.4) is 0 Å². The molecule has 3 aromatic rings. The lowest BCUT2D eigenvalue weighted by atomic mass is 9.94. The number of hydrogen-bond donors (Lipinski definition) is 1. The summed E-state index contributed by atoms with van der Waals surface area (Å²) in [6.07, 6.45) is 4.29. The standard InChI is InChI=1S/C25H26BrF3N6O2S/c1-33-9-3-4-17(16-33)14-30-23-13-22(32-24-21(26)15-31-35(23)24)18-7-10-34(11-8-18)38(36,37)20-6-2-5-19(12-20)25(27,28)29/h2-6,12-13,15-16,18,30H,7-11,14H2,1H3. The fraction of sp³-hybridized carbons (Fsp3) is 0.360. The average molecular weight is 611 g/mol. The van der Waals surface area contributed by atoms with Crippen molar-refractivity contribution in [3.8, 4) is 0 Å². The molecule has 0 unspecified atom stereocenters. The van der Waals surface area contributed by atoms with Crippen LogP contribution in [0.15, 0.2) is 69.8 Å². The van der Waals surface area contributed by atoms with Gasteiger partial charge in [-0.2, -0.15) is 27.1 Å². The minimum atomic E-state index is -4.61. The van der Waals surface area contributed by atoms with Crippen LogP contribution in [0.4, 0.5) is 19.0 Å². The maximum absolute atomic E-state index is 13.1. The van der Waals surface area contributed by atoms with E-state index in [-0.39, 0.29) is 23.9 Å². The van der Waals surface area contributed by atoms with Gasteiger partial charge in [0.15, 0.2) is 5.65 Å². The lowest BCUT2D eigenvalue weighted by molar-refractivity contribution is -0.137. The summed E-state index contributed by atoms with van der Waals surface area (Å²) in [5.74, 6) is 0.743. The Morgan fingerprint density at radius 1 is 1.18 bits per heavy atom. The van der Waals surface area contributed by atoms with E-state index in [0.29, 0.717) is 31.1 Å². The zero-order chi connectivity index (χ0) is 27.1. The van der Waals surface area contributed by atoms with Crippen LogP contribution >= 0.6 is 15.9 Å². The summed E-state index contributed by atoms with van der Waals surface area (Å²) in [5.41, 5.74) is 1.59. The van der Waals surface area contributed by atoms with Gasteiger partial charge in [0.05, 0.1) is 21.1 Å². The van der Waals surface area contributed by atoms with Gasteiger partial charge in [-0.05, 0) is 52.5 Å². The molecule has 2 aliphatic rings. The summed E-state index contributed by atoms with van der Waals surface area (Å²) in [6, 6.07) is 5.82. The van der Waals surface area contributed by atoms with Crippen molar-refractivity contribution in [2.45, 2.75) is 29.8 Å². The van der Waals surface area contributed by atoms with Gasteiger partial charge in [-0.3, -0.25) is 0 Å². The van der Waals surface area contributed by atoms with Gasteiger partial charge in [0.25, 0.3) is 0 Å². The first-order valence-corrected chi connectivity index (χ1v) is 14.3. The quantitative estimate of drug-likeness (QED) is 0.428. The number of halogens is 4. The number of anilines is 1. The Morgan fingerprint density at radius 3 is 2.66 bits per heavy atom. The van der Waals surface area contributed by atoms with Gasteiger partial charge in [-0.25, -0.2) is 13.4 Å². The van der Waals surface area contributed by atoms with Gasteiger partial charge >= 0.3 is 6.18 Å². The van der Waals surface area contributed by atoms with Crippen LogP contribution in [-0.2, 0) is 16.2 Å². The highest BCUT2D eigenvalue weighted by atomic mass is 79.9. The number of nitrogens with one attached hydrogen (secondary N) is 1. The largest absolute Gasteiger partial charge is 0.416 e. The van der Waals surface area contributed by atoms with Crippen molar-refractivity contribution >= 4 is 37.4 Å². The molecule has 0 aliphatic carbocycles. The molecule has 0 spiro atoms. The van der Waals surface area contributed by atoms with Crippen molar-refractivity contribution in [3.63, 3.8) is 0 Å². The van der Waals surface area contributed by atoms with Crippen LogP contribution in [0, 0.1) is 0 Å². The Morgan fingerprint density at radius 2 is 1.95 bits per heavy atom. The summed E-state index contributed by atoms with van der Waals surface area (Å²) < 4.78 is 69.3. The van der Waals surface area contributed by atoms with E-state index in [4.69, 9.17) is 4.98 Å². The molecule has 1 N–H and O–H groups in total. The monoisotopic (exact) mass is 610 g/mol. The second-order valence-electron chi connectivity index (χ2n) is 9.40. The topological polar surface area (TPSA) is 82.8 Å². The Labute approximate surface area is 227 Å².